The van der Waals surface area contributed by atoms with E-state index in [1.54, 1.807) is 24.3 Å². The van der Waals surface area contributed by atoms with E-state index in [1.807, 2.05) is 18.0 Å². The summed E-state index contributed by atoms with van der Waals surface area (Å²) >= 11 is 0. The van der Waals surface area contributed by atoms with Crippen LogP contribution in [0.25, 0.3) is 0 Å². The molecule has 0 fully saturated rings. The number of benzene rings is 1. The second-order valence-electron chi connectivity index (χ2n) is 4.81. The molecule has 22 heavy (non-hydrogen) atoms. The van der Waals surface area contributed by atoms with Gasteiger partial charge in [-0.2, -0.15) is 5.26 Å². The summed E-state index contributed by atoms with van der Waals surface area (Å²) in [7, 11) is 3.27. The Bertz CT molecular complexity index is 718. The first kappa shape index (κ1) is 15.5. The summed E-state index contributed by atoms with van der Waals surface area (Å²) in [5, 5.41) is 19.7. The Morgan fingerprint density at radius 3 is 2.73 bits per heavy atom. The minimum atomic E-state index is -0.464. The van der Waals surface area contributed by atoms with Crippen molar-refractivity contribution in [2.75, 3.05) is 14.2 Å². The molecule has 1 aromatic carbocycles. The van der Waals surface area contributed by atoms with Crippen molar-refractivity contribution in [1.82, 2.24) is 4.90 Å². The van der Waals surface area contributed by atoms with E-state index in [0.717, 1.165) is 5.56 Å². The summed E-state index contributed by atoms with van der Waals surface area (Å²) in [6.07, 6.45) is 0. The van der Waals surface area contributed by atoms with E-state index in [9.17, 15) is 10.1 Å². The second-order valence-corrected chi connectivity index (χ2v) is 4.81. The number of rotatable bonds is 6. The van der Waals surface area contributed by atoms with Gasteiger partial charge in [0.15, 0.2) is 5.75 Å². The molecule has 1 aromatic heterocycles. The molecule has 0 bridgehead atoms. The van der Waals surface area contributed by atoms with Crippen LogP contribution in [0.4, 0.5) is 5.69 Å². The molecule has 0 saturated heterocycles. The number of hydrogen-bond acceptors (Lipinski definition) is 6. The smallest absolute Gasteiger partial charge is 0.311 e. The third-order valence-electron chi connectivity index (χ3n) is 3.09. The van der Waals surface area contributed by atoms with Crippen LogP contribution >= 0.6 is 0 Å². The molecule has 2 aromatic rings. The highest BCUT2D eigenvalue weighted by Gasteiger charge is 2.16. The average molecular weight is 301 g/mol. The predicted octanol–water partition coefficient (Wildman–Crippen LogP) is 2.70. The lowest BCUT2D eigenvalue weighted by atomic mass is 10.1. The number of nitriles is 1. The fourth-order valence-electron chi connectivity index (χ4n) is 2.13. The molecule has 0 N–H and O–H groups in total. The lowest BCUT2D eigenvalue weighted by molar-refractivity contribution is -0.385. The lowest BCUT2D eigenvalue weighted by Gasteiger charge is -2.15. The predicted molar refractivity (Wildman–Crippen MR) is 78.2 cm³/mol. The standard InChI is InChI=1S/C15H15N3O4/c1-17(10-13-5-4-12(8-16)22-13)9-11-3-6-15(21-2)14(7-11)18(19)20/h3-7H,9-10H2,1-2H3. The van der Waals surface area contributed by atoms with Gasteiger partial charge in [-0.15, -0.1) is 0 Å². The Labute approximate surface area is 127 Å². The number of methoxy groups -OCH3 is 1. The zero-order chi connectivity index (χ0) is 16.1. The van der Waals surface area contributed by atoms with Gasteiger partial charge in [-0.05, 0) is 30.8 Å². The molecule has 114 valence electrons. The van der Waals surface area contributed by atoms with Gasteiger partial charge in [0.2, 0.25) is 5.76 Å². The number of nitro groups is 1. The summed E-state index contributed by atoms with van der Waals surface area (Å²) in [6.45, 7) is 1.01. The minimum Gasteiger partial charge on any atom is -0.490 e. The molecular weight excluding hydrogens is 286 g/mol. The highest BCUT2D eigenvalue weighted by Crippen LogP contribution is 2.28. The molecule has 0 spiro atoms. The maximum Gasteiger partial charge on any atom is 0.311 e. The monoisotopic (exact) mass is 301 g/mol. The van der Waals surface area contributed by atoms with Crippen LogP contribution in [0.2, 0.25) is 0 Å². The zero-order valence-electron chi connectivity index (χ0n) is 12.3. The second kappa shape index (κ2) is 6.74. The van der Waals surface area contributed by atoms with Crippen molar-refractivity contribution in [2.45, 2.75) is 13.1 Å². The molecule has 0 aliphatic heterocycles. The molecule has 0 saturated carbocycles. The van der Waals surface area contributed by atoms with E-state index in [-0.39, 0.29) is 17.2 Å². The summed E-state index contributed by atoms with van der Waals surface area (Å²) < 4.78 is 10.3. The van der Waals surface area contributed by atoms with Gasteiger partial charge >= 0.3 is 5.69 Å². The normalized spacial score (nSPS) is 10.5. The first-order valence-corrected chi connectivity index (χ1v) is 6.52. The van der Waals surface area contributed by atoms with Gasteiger partial charge in [0.1, 0.15) is 11.8 Å². The van der Waals surface area contributed by atoms with Gasteiger partial charge in [-0.25, -0.2) is 0 Å². The number of nitrogens with zero attached hydrogens (tertiary/aromatic N) is 3. The van der Waals surface area contributed by atoms with Gasteiger partial charge in [0.05, 0.1) is 18.6 Å². The quantitative estimate of drug-likeness (QED) is 0.601. The van der Waals surface area contributed by atoms with Crippen LogP contribution in [0.5, 0.6) is 5.75 Å². The number of nitro benzene ring substituents is 1. The first-order chi connectivity index (χ1) is 10.5. The van der Waals surface area contributed by atoms with Crippen LogP contribution < -0.4 is 4.74 Å². The molecule has 7 nitrogen and oxygen atoms in total. The summed E-state index contributed by atoms with van der Waals surface area (Å²) in [5.41, 5.74) is 0.736. The van der Waals surface area contributed by atoms with E-state index in [2.05, 4.69) is 0 Å². The van der Waals surface area contributed by atoms with Crippen molar-refractivity contribution >= 4 is 5.69 Å². The molecule has 0 radical (unpaired) electrons. The fourth-order valence-corrected chi connectivity index (χ4v) is 2.13. The Hall–Kier alpha value is -2.85. The molecule has 0 aliphatic rings. The average Bonchev–Trinajstić information content (AvgIpc) is 2.94. The van der Waals surface area contributed by atoms with Crippen molar-refractivity contribution in [3.63, 3.8) is 0 Å². The Kier molecular flexibility index (Phi) is 4.76. The Morgan fingerprint density at radius 1 is 1.36 bits per heavy atom. The van der Waals surface area contributed by atoms with E-state index >= 15 is 0 Å². The Balaban J connectivity index is 2.08. The summed E-state index contributed by atoms with van der Waals surface area (Å²) in [5.74, 6) is 1.17. The SMILES string of the molecule is COc1ccc(CN(C)Cc2ccc(C#N)o2)cc1[N+](=O)[O-]. The van der Waals surface area contributed by atoms with Gasteiger partial charge in [0.25, 0.3) is 0 Å². The van der Waals surface area contributed by atoms with Crippen LogP contribution in [0.1, 0.15) is 17.1 Å². The zero-order valence-corrected chi connectivity index (χ0v) is 12.3. The number of ether oxygens (including phenoxy) is 1. The molecule has 1 heterocycles. The van der Waals surface area contributed by atoms with Crippen molar-refractivity contribution in [3.8, 4) is 11.8 Å². The molecule has 0 amide bonds. The van der Waals surface area contributed by atoms with Crippen LogP contribution in [-0.4, -0.2) is 24.0 Å². The van der Waals surface area contributed by atoms with Gasteiger partial charge in [-0.1, -0.05) is 6.07 Å². The molecule has 0 unspecified atom stereocenters. The van der Waals surface area contributed by atoms with Crippen LogP contribution in [-0.2, 0) is 13.1 Å². The first-order valence-electron chi connectivity index (χ1n) is 6.52. The summed E-state index contributed by atoms with van der Waals surface area (Å²) in [6, 6.07) is 10.1. The maximum absolute atomic E-state index is 11.0. The topological polar surface area (TPSA) is 92.5 Å². The number of hydrogen-bond donors (Lipinski definition) is 0. The van der Waals surface area contributed by atoms with Crippen molar-refractivity contribution in [2.24, 2.45) is 0 Å². The molecule has 0 atom stereocenters. The van der Waals surface area contributed by atoms with Gasteiger partial charge in [-0.3, -0.25) is 15.0 Å². The van der Waals surface area contributed by atoms with E-state index in [0.29, 0.717) is 18.8 Å². The highest BCUT2D eigenvalue weighted by molar-refractivity contribution is 5.48. The third-order valence-corrected chi connectivity index (χ3v) is 3.09. The van der Waals surface area contributed by atoms with Crippen LogP contribution in [0, 0.1) is 21.4 Å². The largest absolute Gasteiger partial charge is 0.490 e. The highest BCUT2D eigenvalue weighted by atomic mass is 16.6. The van der Waals surface area contributed by atoms with Crippen LogP contribution in [0.15, 0.2) is 34.7 Å². The van der Waals surface area contributed by atoms with Gasteiger partial charge < -0.3 is 9.15 Å². The molecule has 0 aliphatic carbocycles. The van der Waals surface area contributed by atoms with E-state index in [4.69, 9.17) is 14.4 Å². The van der Waals surface area contributed by atoms with Crippen molar-refractivity contribution in [3.05, 3.63) is 57.5 Å². The number of furan rings is 1. The fraction of sp³-hybridized carbons (Fsp3) is 0.267. The van der Waals surface area contributed by atoms with Gasteiger partial charge in [0, 0.05) is 12.6 Å². The Morgan fingerprint density at radius 2 is 2.14 bits per heavy atom. The van der Waals surface area contributed by atoms with Crippen LogP contribution in [0.3, 0.4) is 0 Å². The maximum atomic E-state index is 11.0. The van der Waals surface area contributed by atoms with Crippen molar-refractivity contribution < 1.29 is 14.1 Å². The minimum absolute atomic E-state index is 0.0573. The third kappa shape index (κ3) is 3.62. The lowest BCUT2D eigenvalue weighted by Crippen LogP contribution is -2.17. The molecule has 7 heteroatoms. The molecular formula is C15H15N3O4. The van der Waals surface area contributed by atoms with E-state index < -0.39 is 4.92 Å². The van der Waals surface area contributed by atoms with Crippen molar-refractivity contribution in [1.29, 1.82) is 5.26 Å². The molecule has 2 rings (SSSR count). The summed E-state index contributed by atoms with van der Waals surface area (Å²) in [4.78, 5) is 12.5. The van der Waals surface area contributed by atoms with E-state index in [1.165, 1.54) is 13.2 Å².